The van der Waals surface area contributed by atoms with Crippen LogP contribution in [0.4, 0.5) is 0 Å². The first-order chi connectivity index (χ1) is 20.3. The van der Waals surface area contributed by atoms with Crippen LogP contribution in [0.1, 0.15) is 0 Å². The maximum atomic E-state index is 5.07. The zero-order valence-electron chi connectivity index (χ0n) is 22.0. The molecule has 0 unspecified atom stereocenters. The van der Waals surface area contributed by atoms with Gasteiger partial charge in [0.2, 0.25) is 0 Å². The summed E-state index contributed by atoms with van der Waals surface area (Å²) in [5.41, 5.74) is 7.39. The Morgan fingerprint density at radius 2 is 1.07 bits per heavy atom. The lowest BCUT2D eigenvalue weighted by molar-refractivity contribution is 1.07. The number of fused-ring (bicyclic) bond motifs is 4. The molecule has 5 heteroatoms. The number of hydrogen-bond donors (Lipinski definition) is 0. The molecule has 0 atom stereocenters. The van der Waals surface area contributed by atoms with Crippen LogP contribution in [0.3, 0.4) is 0 Å². The van der Waals surface area contributed by atoms with Crippen LogP contribution < -0.4 is 0 Å². The first kappa shape index (κ1) is 23.2. The van der Waals surface area contributed by atoms with Gasteiger partial charge < -0.3 is 0 Å². The molecule has 0 bridgehead atoms. The van der Waals surface area contributed by atoms with Gasteiger partial charge in [-0.15, -0.1) is 0 Å². The number of para-hydroxylation sites is 1. The Hall–Kier alpha value is -5.68. The molecule has 0 radical (unpaired) electrons. The SMILES string of the molecule is c1cc(-c2ccc3ccccc3c2)nc(-c2cccc(-c3cccc(-n4c5ccccc5c5cnccc54)n3)n2)c1. The molecule has 41 heavy (non-hydrogen) atoms. The molecule has 0 spiro atoms. The van der Waals surface area contributed by atoms with E-state index in [4.69, 9.17) is 15.0 Å². The van der Waals surface area contributed by atoms with Crippen LogP contribution in [0.15, 0.2) is 140 Å². The second-order valence-corrected chi connectivity index (χ2v) is 10.0. The second-order valence-electron chi connectivity index (χ2n) is 10.0. The fourth-order valence-electron chi connectivity index (χ4n) is 5.56. The Balaban J connectivity index is 1.19. The topological polar surface area (TPSA) is 56.5 Å². The Bertz CT molecular complexity index is 2180. The average molecular weight is 526 g/mol. The summed E-state index contributed by atoms with van der Waals surface area (Å²) in [6, 6.07) is 43.4. The third-order valence-corrected chi connectivity index (χ3v) is 7.51. The summed E-state index contributed by atoms with van der Waals surface area (Å²) in [7, 11) is 0. The highest BCUT2D eigenvalue weighted by molar-refractivity contribution is 6.08. The van der Waals surface area contributed by atoms with Crippen LogP contribution >= 0.6 is 0 Å². The van der Waals surface area contributed by atoms with Gasteiger partial charge in [-0.25, -0.2) is 15.0 Å². The molecule has 8 aromatic rings. The first-order valence-electron chi connectivity index (χ1n) is 13.6. The third-order valence-electron chi connectivity index (χ3n) is 7.51. The van der Waals surface area contributed by atoms with E-state index in [1.165, 1.54) is 10.8 Å². The molecule has 0 saturated heterocycles. The van der Waals surface area contributed by atoms with Gasteiger partial charge in [0.15, 0.2) is 0 Å². The smallest absolute Gasteiger partial charge is 0.138 e. The summed E-state index contributed by atoms with van der Waals surface area (Å²) in [5, 5.41) is 4.67. The van der Waals surface area contributed by atoms with E-state index in [0.29, 0.717) is 0 Å². The van der Waals surface area contributed by atoms with Crippen molar-refractivity contribution in [3.05, 3.63) is 140 Å². The van der Waals surface area contributed by atoms with Gasteiger partial charge in [0.25, 0.3) is 0 Å². The summed E-state index contributed by atoms with van der Waals surface area (Å²) in [6.45, 7) is 0. The fourth-order valence-corrected chi connectivity index (χ4v) is 5.56. The minimum absolute atomic E-state index is 0.796. The van der Waals surface area contributed by atoms with Crippen molar-refractivity contribution in [2.45, 2.75) is 0 Å². The molecule has 5 aromatic heterocycles. The van der Waals surface area contributed by atoms with Crippen molar-refractivity contribution in [2.24, 2.45) is 0 Å². The number of pyridine rings is 4. The van der Waals surface area contributed by atoms with Crippen molar-refractivity contribution in [3.63, 3.8) is 0 Å². The fraction of sp³-hybridized carbons (Fsp3) is 0. The lowest BCUT2D eigenvalue weighted by Crippen LogP contribution is -1.99. The Morgan fingerprint density at radius 3 is 1.90 bits per heavy atom. The molecule has 0 aliphatic carbocycles. The molecule has 192 valence electrons. The van der Waals surface area contributed by atoms with E-state index < -0.39 is 0 Å². The van der Waals surface area contributed by atoms with Crippen LogP contribution in [-0.4, -0.2) is 24.5 Å². The van der Waals surface area contributed by atoms with E-state index in [-0.39, 0.29) is 0 Å². The van der Waals surface area contributed by atoms with Gasteiger partial charge in [-0.05, 0) is 65.4 Å². The lowest BCUT2D eigenvalue weighted by Gasteiger charge is -2.10. The first-order valence-corrected chi connectivity index (χ1v) is 13.6. The standard InChI is InChI=1S/C36H23N5/c1-2-9-25-22-26(19-18-24(25)8-1)29-11-5-12-30(38-29)31-13-6-14-32(39-31)33-15-7-17-36(40-33)41-34-16-4-3-10-27(34)28-23-37-21-20-35(28)41/h1-23H. The average Bonchev–Trinajstić information content (AvgIpc) is 3.39. The van der Waals surface area contributed by atoms with E-state index in [1.54, 1.807) is 0 Å². The highest BCUT2D eigenvalue weighted by atomic mass is 15.1. The number of nitrogens with zero attached hydrogens (tertiary/aromatic N) is 5. The van der Waals surface area contributed by atoms with E-state index in [0.717, 1.165) is 61.7 Å². The van der Waals surface area contributed by atoms with Crippen LogP contribution in [0.2, 0.25) is 0 Å². The predicted molar refractivity (Wildman–Crippen MR) is 166 cm³/mol. The number of hydrogen-bond acceptors (Lipinski definition) is 4. The zero-order chi connectivity index (χ0) is 27.2. The molecule has 0 amide bonds. The monoisotopic (exact) mass is 525 g/mol. The van der Waals surface area contributed by atoms with E-state index in [2.05, 4.69) is 76.3 Å². The van der Waals surface area contributed by atoms with Crippen LogP contribution in [0.25, 0.3) is 72.4 Å². The molecule has 5 heterocycles. The Labute approximate surface area is 236 Å². The number of benzene rings is 3. The van der Waals surface area contributed by atoms with Crippen LogP contribution in [0, 0.1) is 0 Å². The van der Waals surface area contributed by atoms with Gasteiger partial charge in [0, 0.05) is 28.7 Å². The largest absolute Gasteiger partial charge is 0.294 e. The Morgan fingerprint density at radius 1 is 0.439 bits per heavy atom. The molecular weight excluding hydrogens is 502 g/mol. The number of rotatable bonds is 4. The van der Waals surface area contributed by atoms with Gasteiger partial charge in [-0.2, -0.15) is 0 Å². The third kappa shape index (κ3) is 4.03. The predicted octanol–water partition coefficient (Wildman–Crippen LogP) is 8.52. The van der Waals surface area contributed by atoms with Crippen molar-refractivity contribution in [2.75, 3.05) is 0 Å². The molecule has 0 fully saturated rings. The van der Waals surface area contributed by atoms with Crippen molar-refractivity contribution in [3.8, 4) is 39.9 Å². The quantitative estimate of drug-likeness (QED) is 0.231. The maximum absolute atomic E-state index is 5.07. The summed E-state index contributed by atoms with van der Waals surface area (Å²) in [4.78, 5) is 19.4. The minimum atomic E-state index is 0.796. The molecule has 3 aromatic carbocycles. The maximum Gasteiger partial charge on any atom is 0.138 e. The summed E-state index contributed by atoms with van der Waals surface area (Å²) in [5.74, 6) is 0.837. The van der Waals surface area contributed by atoms with Gasteiger partial charge in [0.1, 0.15) is 5.82 Å². The van der Waals surface area contributed by atoms with E-state index in [9.17, 15) is 0 Å². The second kappa shape index (κ2) is 9.50. The molecule has 0 aliphatic rings. The van der Waals surface area contributed by atoms with Gasteiger partial charge in [-0.1, -0.05) is 72.8 Å². The zero-order valence-corrected chi connectivity index (χ0v) is 22.0. The van der Waals surface area contributed by atoms with Crippen molar-refractivity contribution in [1.29, 1.82) is 0 Å². The van der Waals surface area contributed by atoms with Gasteiger partial charge in [-0.3, -0.25) is 9.55 Å². The van der Waals surface area contributed by atoms with E-state index in [1.807, 2.05) is 73.1 Å². The normalized spacial score (nSPS) is 11.4. The molecule has 8 rings (SSSR count). The van der Waals surface area contributed by atoms with Gasteiger partial charge in [0.05, 0.1) is 39.5 Å². The summed E-state index contributed by atoms with van der Waals surface area (Å²) < 4.78 is 2.19. The van der Waals surface area contributed by atoms with Crippen molar-refractivity contribution in [1.82, 2.24) is 24.5 Å². The highest BCUT2D eigenvalue weighted by Gasteiger charge is 2.14. The minimum Gasteiger partial charge on any atom is -0.294 e. The van der Waals surface area contributed by atoms with Crippen molar-refractivity contribution >= 4 is 32.6 Å². The van der Waals surface area contributed by atoms with Gasteiger partial charge >= 0.3 is 0 Å². The van der Waals surface area contributed by atoms with Crippen LogP contribution in [-0.2, 0) is 0 Å². The van der Waals surface area contributed by atoms with Crippen molar-refractivity contribution < 1.29 is 0 Å². The lowest BCUT2D eigenvalue weighted by atomic mass is 10.0. The molecule has 0 N–H and O–H groups in total. The molecule has 0 saturated carbocycles. The van der Waals surface area contributed by atoms with E-state index >= 15 is 0 Å². The summed E-state index contributed by atoms with van der Waals surface area (Å²) in [6.07, 6.45) is 3.74. The van der Waals surface area contributed by atoms with Crippen LogP contribution in [0.5, 0.6) is 0 Å². The summed E-state index contributed by atoms with van der Waals surface area (Å²) >= 11 is 0. The highest BCUT2D eigenvalue weighted by Crippen LogP contribution is 2.32. The molecule has 0 aliphatic heterocycles. The Kier molecular flexibility index (Phi) is 5.38. The molecular formula is C36H23N5. The number of aromatic nitrogens is 5. The molecule has 5 nitrogen and oxygen atoms in total.